The summed E-state index contributed by atoms with van der Waals surface area (Å²) in [5.74, 6) is -1.87. The van der Waals surface area contributed by atoms with Crippen LogP contribution in [0.15, 0.2) is 60.7 Å². The number of amides is 2. The first-order valence-electron chi connectivity index (χ1n) is 10.9. The Morgan fingerprint density at radius 2 is 1.41 bits per heavy atom. The first kappa shape index (κ1) is 32.4. The highest BCUT2D eigenvalue weighted by Crippen LogP contribution is 2.54. The Morgan fingerprint density at radius 3 is 1.95 bits per heavy atom. The number of hydrogen-bond donors (Lipinski definition) is 1. The number of benzene rings is 3. The van der Waals surface area contributed by atoms with Crippen molar-refractivity contribution in [1.29, 1.82) is 0 Å². The molecule has 0 aliphatic heterocycles. The van der Waals surface area contributed by atoms with E-state index in [4.69, 9.17) is 11.6 Å². The first-order chi connectivity index (χ1) is 18.7. The van der Waals surface area contributed by atoms with E-state index in [0.29, 0.717) is 0 Å². The van der Waals surface area contributed by atoms with Crippen LogP contribution in [0.5, 0.6) is 0 Å². The molecule has 0 fully saturated rings. The van der Waals surface area contributed by atoms with Crippen molar-refractivity contribution in [3.05, 3.63) is 91.5 Å². The summed E-state index contributed by atoms with van der Waals surface area (Å²) >= 11 is 6.98. The summed E-state index contributed by atoms with van der Waals surface area (Å²) in [5.41, 5.74) is -12.0. The van der Waals surface area contributed by atoms with Crippen molar-refractivity contribution < 1.29 is 53.5 Å². The molecule has 1 N–H and O–H groups in total. The van der Waals surface area contributed by atoms with Gasteiger partial charge in [-0.15, -0.1) is 0 Å². The van der Waals surface area contributed by atoms with Gasteiger partial charge in [-0.25, -0.2) is 4.39 Å². The number of nitrogens with one attached hydrogen (secondary N) is 1. The van der Waals surface area contributed by atoms with E-state index in [1.807, 2.05) is 5.32 Å². The fourth-order valence-corrected chi connectivity index (χ4v) is 4.60. The minimum Gasteiger partial charge on any atom is -0.320 e. The molecule has 0 aliphatic carbocycles. The van der Waals surface area contributed by atoms with Gasteiger partial charge in [0, 0.05) is 27.4 Å². The summed E-state index contributed by atoms with van der Waals surface area (Å²) in [6.07, 6.45) is -18.9. The van der Waals surface area contributed by atoms with Gasteiger partial charge in [-0.3, -0.25) is 9.59 Å². The van der Waals surface area contributed by atoms with Crippen LogP contribution in [0.2, 0.25) is 5.02 Å². The van der Waals surface area contributed by atoms with E-state index in [9.17, 15) is 53.5 Å². The normalized spacial score (nSPS) is 12.7. The second-order valence-electron chi connectivity index (χ2n) is 8.38. The Morgan fingerprint density at radius 1 is 0.829 bits per heavy atom. The average Bonchev–Trinajstić information content (AvgIpc) is 2.86. The second-order valence-corrected chi connectivity index (χ2v) is 9.95. The Hall–Kier alpha value is -3.08. The van der Waals surface area contributed by atoms with E-state index in [-0.39, 0.29) is 27.9 Å². The van der Waals surface area contributed by atoms with Crippen molar-refractivity contribution in [3.8, 4) is 0 Å². The molecule has 0 unspecified atom stereocenters. The van der Waals surface area contributed by atoms with Gasteiger partial charge in [-0.1, -0.05) is 29.8 Å². The molecular weight excluding hydrogens is 713 g/mol. The number of nitrogens with zero attached hydrogens (tertiary/aromatic N) is 1. The van der Waals surface area contributed by atoms with E-state index < -0.39 is 62.5 Å². The number of carbonyl (C=O) groups excluding carboxylic acids is 2. The zero-order chi connectivity index (χ0) is 31.1. The van der Waals surface area contributed by atoms with Crippen LogP contribution in [0, 0.1) is 3.57 Å². The van der Waals surface area contributed by atoms with Crippen LogP contribution >= 0.6 is 34.2 Å². The van der Waals surface area contributed by atoms with Crippen molar-refractivity contribution >= 4 is 57.4 Å². The Bertz CT molecular complexity index is 1470. The van der Waals surface area contributed by atoms with Gasteiger partial charge in [0.25, 0.3) is 11.8 Å². The van der Waals surface area contributed by atoms with Crippen molar-refractivity contribution in [3.63, 3.8) is 0 Å². The lowest BCUT2D eigenvalue weighted by atomic mass is 9.92. The first-order valence-corrected chi connectivity index (χ1v) is 12.3. The molecule has 0 saturated heterocycles. The lowest BCUT2D eigenvalue weighted by Gasteiger charge is -2.31. The fourth-order valence-electron chi connectivity index (χ4n) is 3.62. The van der Waals surface area contributed by atoms with E-state index >= 15 is 0 Å². The number of alkyl halides is 10. The largest absolute Gasteiger partial charge is 0.435 e. The van der Waals surface area contributed by atoms with Gasteiger partial charge in [0.15, 0.2) is 0 Å². The molecule has 0 aromatic heterocycles. The van der Waals surface area contributed by atoms with Crippen LogP contribution in [0.3, 0.4) is 0 Å². The number of carbonyl (C=O) groups is 2. The summed E-state index contributed by atoms with van der Waals surface area (Å²) in [5, 5.41) is 1.93. The lowest BCUT2D eigenvalue weighted by molar-refractivity contribution is -0.348. The maximum Gasteiger partial charge on any atom is 0.435 e. The molecule has 3 rings (SSSR count). The summed E-state index contributed by atoms with van der Waals surface area (Å²) in [6, 6.07) is 10.1. The third kappa shape index (κ3) is 6.39. The highest BCUT2D eigenvalue weighted by atomic mass is 127. The number of rotatable bonds is 5. The third-order valence-corrected chi connectivity index (χ3v) is 6.90. The molecule has 0 bridgehead atoms. The minimum absolute atomic E-state index is 0.0845. The summed E-state index contributed by atoms with van der Waals surface area (Å²) < 4.78 is 134. The molecular formula is C25H14ClF10IN2O2. The maximum atomic E-state index is 14.5. The Balaban J connectivity index is 2.04. The van der Waals surface area contributed by atoms with Crippen molar-refractivity contribution in [2.24, 2.45) is 0 Å². The maximum absolute atomic E-state index is 14.5. The second kappa shape index (κ2) is 11.3. The molecule has 3 aromatic carbocycles. The Kier molecular flexibility index (Phi) is 8.94. The van der Waals surface area contributed by atoms with Gasteiger partial charge < -0.3 is 10.2 Å². The van der Waals surface area contributed by atoms with E-state index in [0.717, 1.165) is 39.6 Å². The average molecular weight is 727 g/mol. The van der Waals surface area contributed by atoms with Crippen molar-refractivity contribution in [2.75, 3.05) is 17.3 Å². The highest BCUT2D eigenvalue weighted by Gasteiger charge is 2.73. The van der Waals surface area contributed by atoms with Crippen LogP contribution in [-0.2, 0) is 11.8 Å². The molecule has 0 aliphatic rings. The van der Waals surface area contributed by atoms with Gasteiger partial charge in [-0.2, -0.15) is 39.5 Å². The quantitative estimate of drug-likeness (QED) is 0.211. The van der Waals surface area contributed by atoms with Crippen molar-refractivity contribution in [2.45, 2.75) is 24.2 Å². The molecule has 0 atom stereocenters. The number of anilines is 2. The van der Waals surface area contributed by atoms with Gasteiger partial charge >= 0.3 is 24.2 Å². The van der Waals surface area contributed by atoms with E-state index in [2.05, 4.69) is 0 Å². The van der Waals surface area contributed by atoms with E-state index in [1.54, 1.807) is 12.1 Å². The zero-order valence-corrected chi connectivity index (χ0v) is 23.0. The molecule has 0 radical (unpaired) electrons. The molecule has 0 spiro atoms. The molecule has 16 heteroatoms. The van der Waals surface area contributed by atoms with Gasteiger partial charge in [0.2, 0.25) is 0 Å². The van der Waals surface area contributed by atoms with Crippen LogP contribution in [-0.4, -0.2) is 31.2 Å². The standard InChI is InChI=1S/C25H14ClF10IN2O2/c1-39(21(41)15-7-2-3-8-17(15)26)14-6-4-5-12(9-14)20(40)38-19-16(23(28,29)30)10-13(11-18(19)37)22(27,24(31,32)33)25(34,35)36/h2-11H,1H3,(H,38,40). The third-order valence-electron chi connectivity index (χ3n) is 5.72. The molecule has 41 heavy (non-hydrogen) atoms. The lowest BCUT2D eigenvalue weighted by Crippen LogP contribution is -2.50. The number of halogens is 12. The highest BCUT2D eigenvalue weighted by molar-refractivity contribution is 14.1. The molecule has 0 heterocycles. The minimum atomic E-state index is -6.66. The molecule has 2 amide bonds. The molecule has 4 nitrogen and oxygen atoms in total. The number of hydrogen-bond acceptors (Lipinski definition) is 2. The van der Waals surface area contributed by atoms with Gasteiger partial charge in [-0.05, 0) is 65.1 Å². The van der Waals surface area contributed by atoms with E-state index in [1.165, 1.54) is 31.3 Å². The van der Waals surface area contributed by atoms with Crippen LogP contribution < -0.4 is 10.2 Å². The zero-order valence-electron chi connectivity index (χ0n) is 20.1. The monoisotopic (exact) mass is 726 g/mol. The molecule has 0 saturated carbocycles. The van der Waals surface area contributed by atoms with Crippen LogP contribution in [0.1, 0.15) is 31.8 Å². The van der Waals surface area contributed by atoms with Gasteiger partial charge in [0.1, 0.15) is 0 Å². The predicted octanol–water partition coefficient (Wildman–Crippen LogP) is 8.78. The topological polar surface area (TPSA) is 49.4 Å². The SMILES string of the molecule is CN(C(=O)c1ccccc1Cl)c1cccc(C(=O)Nc2c(I)cc(C(F)(C(F)(F)F)C(F)(F)F)cc2C(F)(F)F)c1. The fraction of sp³-hybridized carbons (Fsp3) is 0.200. The van der Waals surface area contributed by atoms with Crippen LogP contribution in [0.4, 0.5) is 55.3 Å². The molecule has 3 aromatic rings. The predicted molar refractivity (Wildman–Crippen MR) is 138 cm³/mol. The van der Waals surface area contributed by atoms with Gasteiger partial charge in [0.05, 0.1) is 21.8 Å². The smallest absolute Gasteiger partial charge is 0.320 e. The van der Waals surface area contributed by atoms with Crippen LogP contribution in [0.25, 0.3) is 0 Å². The van der Waals surface area contributed by atoms with Crippen molar-refractivity contribution in [1.82, 2.24) is 0 Å². The summed E-state index contributed by atoms with van der Waals surface area (Å²) in [7, 11) is 1.32. The molecule has 220 valence electrons. The Labute approximate surface area is 243 Å². The summed E-state index contributed by atoms with van der Waals surface area (Å²) in [4.78, 5) is 26.8. The summed E-state index contributed by atoms with van der Waals surface area (Å²) in [6.45, 7) is 0.